The summed E-state index contributed by atoms with van der Waals surface area (Å²) < 4.78 is 0. The summed E-state index contributed by atoms with van der Waals surface area (Å²) in [5, 5.41) is 9.21. The van der Waals surface area contributed by atoms with E-state index in [2.05, 4.69) is 25.7 Å². The molecule has 0 aromatic rings. The Bertz CT molecular complexity index is 139. The summed E-state index contributed by atoms with van der Waals surface area (Å²) >= 11 is 0. The summed E-state index contributed by atoms with van der Waals surface area (Å²) in [6, 6.07) is 0. The monoisotopic (exact) mass is 154 g/mol. The molecule has 0 aromatic heterocycles. The molecular formula is C10H18O. The Morgan fingerprint density at radius 1 is 1.36 bits per heavy atom. The van der Waals surface area contributed by atoms with Gasteiger partial charge in [0.25, 0.3) is 0 Å². The number of aliphatic hydroxyl groups is 1. The van der Waals surface area contributed by atoms with Crippen LogP contribution in [0.2, 0.25) is 0 Å². The van der Waals surface area contributed by atoms with Crippen molar-refractivity contribution >= 4 is 0 Å². The molecule has 2 atom stereocenters. The predicted molar refractivity (Wildman–Crippen MR) is 48.1 cm³/mol. The predicted octanol–water partition coefficient (Wildman–Crippen LogP) is 2.20. The van der Waals surface area contributed by atoms with E-state index in [0.29, 0.717) is 0 Å². The summed E-state index contributed by atoms with van der Waals surface area (Å²) in [5.74, 6) is 6.30. The summed E-state index contributed by atoms with van der Waals surface area (Å²) in [7, 11) is 0. The van der Waals surface area contributed by atoms with Gasteiger partial charge in [-0.3, -0.25) is 0 Å². The number of hydrogen-bond acceptors (Lipinski definition) is 1. The van der Waals surface area contributed by atoms with E-state index in [4.69, 9.17) is 0 Å². The molecule has 1 nitrogen and oxygen atoms in total. The van der Waals surface area contributed by atoms with Gasteiger partial charge < -0.3 is 5.11 Å². The zero-order valence-electron chi connectivity index (χ0n) is 7.72. The summed E-state index contributed by atoms with van der Waals surface area (Å²) in [6.45, 7) is 5.96. The van der Waals surface area contributed by atoms with Gasteiger partial charge in [-0.05, 0) is 19.8 Å². The summed E-state index contributed by atoms with van der Waals surface area (Å²) in [4.78, 5) is 0. The zero-order chi connectivity index (χ0) is 8.69. The standard InChI is InChI=1S/C10H18O/c1-4-6-7-8-10(5-2)9(3)11/h9-11H,4-6H2,1-3H3. The molecule has 0 aliphatic heterocycles. The molecule has 0 bridgehead atoms. The van der Waals surface area contributed by atoms with Crippen LogP contribution >= 0.6 is 0 Å². The van der Waals surface area contributed by atoms with E-state index < -0.39 is 0 Å². The van der Waals surface area contributed by atoms with E-state index in [-0.39, 0.29) is 12.0 Å². The maximum absolute atomic E-state index is 9.21. The quantitative estimate of drug-likeness (QED) is 0.618. The molecule has 0 saturated carbocycles. The number of hydrogen-bond donors (Lipinski definition) is 1. The average molecular weight is 154 g/mol. The molecule has 0 spiro atoms. The summed E-state index contributed by atoms with van der Waals surface area (Å²) in [5.41, 5.74) is 0. The fourth-order valence-corrected chi connectivity index (χ4v) is 0.892. The zero-order valence-corrected chi connectivity index (χ0v) is 7.72. The van der Waals surface area contributed by atoms with Gasteiger partial charge in [0, 0.05) is 12.3 Å². The van der Waals surface area contributed by atoms with Gasteiger partial charge in [0.2, 0.25) is 0 Å². The molecule has 0 rings (SSSR count). The molecule has 1 heteroatoms. The highest BCUT2D eigenvalue weighted by Gasteiger charge is 2.07. The highest BCUT2D eigenvalue weighted by Crippen LogP contribution is 2.06. The smallest absolute Gasteiger partial charge is 0.0649 e. The average Bonchev–Trinajstić information content (AvgIpc) is 1.97. The van der Waals surface area contributed by atoms with Crippen molar-refractivity contribution in [2.75, 3.05) is 0 Å². The van der Waals surface area contributed by atoms with Crippen LogP contribution in [0.25, 0.3) is 0 Å². The Balaban J connectivity index is 3.79. The number of aliphatic hydroxyl groups excluding tert-OH is 1. The van der Waals surface area contributed by atoms with E-state index >= 15 is 0 Å². The Kier molecular flexibility index (Phi) is 5.97. The molecule has 0 radical (unpaired) electrons. The molecule has 0 aliphatic carbocycles. The molecule has 0 amide bonds. The maximum atomic E-state index is 9.21. The molecule has 0 aromatic carbocycles. The van der Waals surface area contributed by atoms with E-state index in [1.54, 1.807) is 6.92 Å². The van der Waals surface area contributed by atoms with Gasteiger partial charge in [0.05, 0.1) is 6.10 Å². The first kappa shape index (κ1) is 10.5. The molecule has 0 aliphatic rings. The van der Waals surface area contributed by atoms with Crippen LogP contribution in [-0.4, -0.2) is 11.2 Å². The first-order valence-corrected chi connectivity index (χ1v) is 4.38. The largest absolute Gasteiger partial charge is 0.392 e. The second-order valence-corrected chi connectivity index (χ2v) is 2.83. The molecule has 0 saturated heterocycles. The third-order valence-electron chi connectivity index (χ3n) is 1.68. The van der Waals surface area contributed by atoms with Crippen molar-refractivity contribution in [3.05, 3.63) is 0 Å². The number of rotatable bonds is 3. The summed E-state index contributed by atoms with van der Waals surface area (Å²) in [6.07, 6.45) is 2.70. The van der Waals surface area contributed by atoms with Crippen molar-refractivity contribution in [3.63, 3.8) is 0 Å². The van der Waals surface area contributed by atoms with Gasteiger partial charge in [-0.15, -0.1) is 5.92 Å². The highest BCUT2D eigenvalue weighted by atomic mass is 16.3. The van der Waals surface area contributed by atoms with Gasteiger partial charge in [-0.2, -0.15) is 0 Å². The Morgan fingerprint density at radius 2 is 2.00 bits per heavy atom. The third-order valence-corrected chi connectivity index (χ3v) is 1.68. The van der Waals surface area contributed by atoms with Crippen LogP contribution in [0.4, 0.5) is 0 Å². The lowest BCUT2D eigenvalue weighted by Crippen LogP contribution is -2.13. The molecule has 64 valence electrons. The molecular weight excluding hydrogens is 136 g/mol. The fraction of sp³-hybridized carbons (Fsp3) is 0.800. The first-order chi connectivity index (χ1) is 5.22. The van der Waals surface area contributed by atoms with Crippen LogP contribution in [0.3, 0.4) is 0 Å². The first-order valence-electron chi connectivity index (χ1n) is 4.38. The van der Waals surface area contributed by atoms with Crippen LogP contribution < -0.4 is 0 Å². The van der Waals surface area contributed by atoms with Crippen LogP contribution in [0.1, 0.15) is 40.0 Å². The van der Waals surface area contributed by atoms with Gasteiger partial charge >= 0.3 is 0 Å². The Morgan fingerprint density at radius 3 is 2.36 bits per heavy atom. The number of unbranched alkanes of at least 4 members (excludes halogenated alkanes) is 1. The van der Waals surface area contributed by atoms with Gasteiger partial charge in [0.1, 0.15) is 0 Å². The van der Waals surface area contributed by atoms with Crippen molar-refractivity contribution in [3.8, 4) is 11.8 Å². The minimum absolute atomic E-state index is 0.168. The Labute approximate surface area is 69.8 Å². The van der Waals surface area contributed by atoms with Gasteiger partial charge in [-0.25, -0.2) is 0 Å². The van der Waals surface area contributed by atoms with Crippen LogP contribution in [0.15, 0.2) is 0 Å². The van der Waals surface area contributed by atoms with Crippen LogP contribution in [0, 0.1) is 17.8 Å². The van der Waals surface area contributed by atoms with Crippen molar-refractivity contribution in [1.29, 1.82) is 0 Å². The minimum atomic E-state index is -0.288. The topological polar surface area (TPSA) is 20.2 Å². The maximum Gasteiger partial charge on any atom is 0.0649 e. The van der Waals surface area contributed by atoms with E-state index in [1.807, 2.05) is 0 Å². The fourth-order valence-electron chi connectivity index (χ4n) is 0.892. The van der Waals surface area contributed by atoms with Gasteiger partial charge in [-0.1, -0.05) is 19.8 Å². The SMILES string of the molecule is CCCC#CC(CC)C(C)O. The molecule has 0 fully saturated rings. The normalized spacial score (nSPS) is 14.9. The second kappa shape index (κ2) is 6.24. The molecule has 0 heterocycles. The van der Waals surface area contributed by atoms with Crippen molar-refractivity contribution in [2.24, 2.45) is 5.92 Å². The van der Waals surface area contributed by atoms with E-state index in [9.17, 15) is 5.11 Å². The minimum Gasteiger partial charge on any atom is -0.392 e. The lowest BCUT2D eigenvalue weighted by molar-refractivity contribution is 0.151. The molecule has 2 unspecified atom stereocenters. The van der Waals surface area contributed by atoms with Crippen molar-refractivity contribution < 1.29 is 5.11 Å². The van der Waals surface area contributed by atoms with Crippen LogP contribution in [-0.2, 0) is 0 Å². The molecule has 11 heavy (non-hydrogen) atoms. The Hall–Kier alpha value is -0.480. The van der Waals surface area contributed by atoms with E-state index in [1.165, 1.54) is 0 Å². The highest BCUT2D eigenvalue weighted by molar-refractivity contribution is 5.04. The second-order valence-electron chi connectivity index (χ2n) is 2.83. The third kappa shape index (κ3) is 4.86. The van der Waals surface area contributed by atoms with Crippen LogP contribution in [0.5, 0.6) is 0 Å². The van der Waals surface area contributed by atoms with E-state index in [0.717, 1.165) is 19.3 Å². The lowest BCUT2D eigenvalue weighted by atomic mass is 10.0. The van der Waals surface area contributed by atoms with Crippen molar-refractivity contribution in [1.82, 2.24) is 0 Å². The van der Waals surface area contributed by atoms with Gasteiger partial charge in [0.15, 0.2) is 0 Å². The lowest BCUT2D eigenvalue weighted by Gasteiger charge is -2.09. The molecule has 1 N–H and O–H groups in total. The van der Waals surface area contributed by atoms with Crippen molar-refractivity contribution in [2.45, 2.75) is 46.1 Å².